The highest BCUT2D eigenvalue weighted by Gasteiger charge is 2.29. The van der Waals surface area contributed by atoms with Gasteiger partial charge in [0.2, 0.25) is 0 Å². The molecule has 162 valence electrons. The van der Waals surface area contributed by atoms with Crippen molar-refractivity contribution in [3.63, 3.8) is 0 Å². The van der Waals surface area contributed by atoms with Crippen LogP contribution in [0.15, 0.2) is 34.0 Å². The number of halogens is 3. The molecule has 5 rings (SSSR count). The van der Waals surface area contributed by atoms with Crippen molar-refractivity contribution in [3.05, 3.63) is 51.4 Å². The maximum absolute atomic E-state index is 14.7. The van der Waals surface area contributed by atoms with Crippen LogP contribution in [0.4, 0.5) is 14.6 Å². The Hall–Kier alpha value is -2.16. The second kappa shape index (κ2) is 7.76. The number of nitrogens with one attached hydrogen (secondary N) is 1. The Morgan fingerprint density at radius 1 is 1.19 bits per heavy atom. The van der Waals surface area contributed by atoms with Crippen molar-refractivity contribution in [1.29, 1.82) is 0 Å². The highest BCUT2D eigenvalue weighted by atomic mass is 35.5. The van der Waals surface area contributed by atoms with Gasteiger partial charge in [-0.3, -0.25) is 4.57 Å². The summed E-state index contributed by atoms with van der Waals surface area (Å²) in [5.41, 5.74) is 1.10. The molecule has 0 unspecified atom stereocenters. The lowest BCUT2D eigenvalue weighted by Crippen LogP contribution is -2.55. The van der Waals surface area contributed by atoms with Crippen molar-refractivity contribution in [2.45, 2.75) is 37.4 Å². The average Bonchev–Trinajstić information content (AvgIpc) is 2.70. The maximum Gasteiger partial charge on any atom is 0.350 e. The van der Waals surface area contributed by atoms with Crippen LogP contribution in [-0.4, -0.2) is 40.5 Å². The molecule has 3 heterocycles. The van der Waals surface area contributed by atoms with Crippen molar-refractivity contribution in [1.82, 2.24) is 14.9 Å². The molecule has 0 amide bonds. The second-order valence-electron chi connectivity index (χ2n) is 8.17. The van der Waals surface area contributed by atoms with Gasteiger partial charge in [-0.1, -0.05) is 11.6 Å². The van der Waals surface area contributed by atoms with E-state index in [1.54, 1.807) is 10.6 Å². The summed E-state index contributed by atoms with van der Waals surface area (Å²) in [6.45, 7) is 6.13. The van der Waals surface area contributed by atoms with Gasteiger partial charge in [-0.15, -0.1) is 11.8 Å². The van der Waals surface area contributed by atoms with E-state index >= 15 is 0 Å². The Morgan fingerprint density at radius 2 is 1.94 bits per heavy atom. The van der Waals surface area contributed by atoms with E-state index < -0.39 is 11.6 Å². The number of nitrogens with zero attached hydrogens (tertiary/aromatic N) is 3. The first-order valence-electron chi connectivity index (χ1n) is 10.2. The number of hydrogen-bond donors (Lipinski definition) is 1. The molecule has 2 aliphatic heterocycles. The quantitative estimate of drug-likeness (QED) is 0.615. The molecule has 1 N–H and O–H groups in total. The fraction of sp³-hybridized carbons (Fsp3) is 0.364. The smallest absolute Gasteiger partial charge is 0.350 e. The zero-order chi connectivity index (χ0) is 21.9. The number of aromatic nitrogens is 2. The number of aryl methyl sites for hydroxylation is 1. The van der Waals surface area contributed by atoms with Crippen LogP contribution in [-0.2, 0) is 6.54 Å². The first kappa shape index (κ1) is 20.7. The number of rotatable bonds is 2. The van der Waals surface area contributed by atoms with E-state index in [2.05, 4.69) is 29.0 Å². The van der Waals surface area contributed by atoms with Crippen molar-refractivity contribution >= 4 is 40.1 Å². The zero-order valence-electron chi connectivity index (χ0n) is 17.1. The predicted octanol–water partition coefficient (Wildman–Crippen LogP) is 4.29. The van der Waals surface area contributed by atoms with Crippen molar-refractivity contribution in [2.24, 2.45) is 0 Å². The fourth-order valence-corrected chi connectivity index (χ4v) is 6.19. The van der Waals surface area contributed by atoms with Crippen molar-refractivity contribution in [2.75, 3.05) is 23.7 Å². The highest BCUT2D eigenvalue weighted by molar-refractivity contribution is 7.99. The number of thioether (sulfide) groups is 1. The standard InChI is InChI=1S/C22H21ClF2N4OS/c1-11-9-28(10-12(2)26-11)21-15-8-16(23)18(14-4-3-13(24)7-17(14)25)20-19(15)29(5-6-31-20)22(30)27-21/h3-4,7-8,11-12,26H,5-6,9-10H2,1-2H3/t11-,12+. The molecule has 2 atom stereocenters. The molecule has 2 aliphatic rings. The van der Waals surface area contributed by atoms with Crippen LogP contribution in [0.2, 0.25) is 5.02 Å². The van der Waals surface area contributed by atoms with E-state index in [1.165, 1.54) is 23.9 Å². The molecule has 0 radical (unpaired) electrons. The summed E-state index contributed by atoms with van der Waals surface area (Å²) in [5.74, 6) is -0.0874. The molecule has 0 saturated carbocycles. The molecule has 3 aromatic rings. The van der Waals surface area contributed by atoms with Crippen LogP contribution in [0.3, 0.4) is 0 Å². The molecular formula is C22H21ClF2N4OS. The summed E-state index contributed by atoms with van der Waals surface area (Å²) in [7, 11) is 0. The van der Waals surface area contributed by atoms with Crippen molar-refractivity contribution in [3.8, 4) is 11.1 Å². The van der Waals surface area contributed by atoms with Crippen LogP contribution >= 0.6 is 23.4 Å². The van der Waals surface area contributed by atoms with Gasteiger partial charge in [-0.2, -0.15) is 4.98 Å². The van der Waals surface area contributed by atoms with Gasteiger partial charge >= 0.3 is 5.69 Å². The lowest BCUT2D eigenvalue weighted by molar-refractivity contribution is 0.405. The first-order valence-corrected chi connectivity index (χ1v) is 11.6. The normalized spacial score (nSPS) is 21.0. The maximum atomic E-state index is 14.7. The minimum absolute atomic E-state index is 0.222. The largest absolute Gasteiger partial charge is 0.353 e. The zero-order valence-corrected chi connectivity index (χ0v) is 18.7. The molecule has 5 nitrogen and oxygen atoms in total. The molecule has 1 fully saturated rings. The third-order valence-electron chi connectivity index (χ3n) is 5.77. The lowest BCUT2D eigenvalue weighted by atomic mass is 10.0. The van der Waals surface area contributed by atoms with E-state index in [1.807, 2.05) is 0 Å². The van der Waals surface area contributed by atoms with Gasteiger partial charge < -0.3 is 10.2 Å². The summed E-state index contributed by atoms with van der Waals surface area (Å²) >= 11 is 8.23. The summed E-state index contributed by atoms with van der Waals surface area (Å²) in [5, 5.41) is 4.62. The topological polar surface area (TPSA) is 50.2 Å². The third-order valence-corrected chi connectivity index (χ3v) is 7.14. The third kappa shape index (κ3) is 3.50. The Morgan fingerprint density at radius 3 is 2.65 bits per heavy atom. The van der Waals surface area contributed by atoms with Gasteiger partial charge in [0.05, 0.1) is 10.5 Å². The van der Waals surface area contributed by atoms with Gasteiger partial charge in [0.25, 0.3) is 0 Å². The van der Waals surface area contributed by atoms with E-state index in [0.717, 1.165) is 16.3 Å². The van der Waals surface area contributed by atoms with E-state index in [-0.39, 0.29) is 23.3 Å². The Labute approximate surface area is 187 Å². The molecule has 0 aliphatic carbocycles. The summed E-state index contributed by atoms with van der Waals surface area (Å²) < 4.78 is 29.8. The van der Waals surface area contributed by atoms with Crippen LogP contribution in [0.1, 0.15) is 13.8 Å². The fourth-order valence-electron chi connectivity index (χ4n) is 4.63. The van der Waals surface area contributed by atoms with E-state index in [0.29, 0.717) is 47.3 Å². The molecule has 0 bridgehead atoms. The number of anilines is 1. The van der Waals surface area contributed by atoms with Gasteiger partial charge in [-0.05, 0) is 32.0 Å². The molecule has 1 saturated heterocycles. The predicted molar refractivity (Wildman–Crippen MR) is 121 cm³/mol. The minimum atomic E-state index is -0.684. The van der Waals surface area contributed by atoms with Crippen molar-refractivity contribution < 1.29 is 8.78 Å². The van der Waals surface area contributed by atoms with Crippen LogP contribution < -0.4 is 15.9 Å². The summed E-state index contributed by atoms with van der Waals surface area (Å²) in [6.07, 6.45) is 0. The SMILES string of the molecule is C[C@@H]1CN(c2nc(=O)n3c4c(c(-c5ccc(F)cc5F)c(Cl)cc24)SCC3)C[C@H](C)N1. The molecule has 0 spiro atoms. The number of hydrogen-bond acceptors (Lipinski definition) is 5. The monoisotopic (exact) mass is 462 g/mol. The molecular weight excluding hydrogens is 442 g/mol. The molecule has 9 heteroatoms. The Balaban J connectivity index is 1.80. The highest BCUT2D eigenvalue weighted by Crippen LogP contribution is 2.46. The van der Waals surface area contributed by atoms with E-state index in [9.17, 15) is 13.6 Å². The Kier molecular flexibility index (Phi) is 5.19. The van der Waals surface area contributed by atoms with Gasteiger partial charge in [0, 0.05) is 64.9 Å². The van der Waals surface area contributed by atoms with Crippen LogP contribution in [0, 0.1) is 11.6 Å². The van der Waals surface area contributed by atoms with Crippen LogP contribution in [0.5, 0.6) is 0 Å². The lowest BCUT2D eigenvalue weighted by Gasteiger charge is -2.37. The average molecular weight is 463 g/mol. The first-order chi connectivity index (χ1) is 14.8. The van der Waals surface area contributed by atoms with Gasteiger partial charge in [0.15, 0.2) is 0 Å². The minimum Gasteiger partial charge on any atom is -0.353 e. The number of benzene rings is 2. The molecule has 31 heavy (non-hydrogen) atoms. The summed E-state index contributed by atoms with van der Waals surface area (Å²) in [6, 6.07) is 5.71. The van der Waals surface area contributed by atoms with Gasteiger partial charge in [0.1, 0.15) is 17.5 Å². The van der Waals surface area contributed by atoms with E-state index in [4.69, 9.17) is 11.6 Å². The number of piperazine rings is 1. The van der Waals surface area contributed by atoms with Crippen LogP contribution in [0.25, 0.3) is 22.0 Å². The second-order valence-corrected chi connectivity index (χ2v) is 9.69. The molecule has 1 aromatic heterocycles. The molecule has 2 aromatic carbocycles. The summed E-state index contributed by atoms with van der Waals surface area (Å²) in [4.78, 5) is 20.2. The van der Waals surface area contributed by atoms with Gasteiger partial charge in [-0.25, -0.2) is 13.6 Å². The Bertz CT molecular complexity index is 1250.